The number of nitrogens with one attached hydrogen (secondary N) is 2. The molecule has 1 unspecified atom stereocenters. The van der Waals surface area contributed by atoms with Crippen LogP contribution in [0.15, 0.2) is 17.1 Å². The van der Waals surface area contributed by atoms with Gasteiger partial charge in [0, 0.05) is 26.7 Å². The summed E-state index contributed by atoms with van der Waals surface area (Å²) >= 11 is 6.31. The highest BCUT2D eigenvalue weighted by Gasteiger charge is 2.28. The molecule has 1 amide bonds. The van der Waals surface area contributed by atoms with E-state index in [-0.39, 0.29) is 6.04 Å². The van der Waals surface area contributed by atoms with E-state index in [2.05, 4.69) is 20.5 Å². The molecule has 160 valence electrons. The fraction of sp³-hybridized carbons (Fsp3) is 0.600. The van der Waals surface area contributed by atoms with E-state index in [0.717, 1.165) is 24.5 Å². The third-order valence-electron chi connectivity index (χ3n) is 4.53. The van der Waals surface area contributed by atoms with E-state index in [1.54, 1.807) is 7.05 Å². The summed E-state index contributed by atoms with van der Waals surface area (Å²) in [6, 6.07) is 3.82. The Kier molecular flexibility index (Phi) is 6.62. The average molecular weight is 425 g/mol. The molecule has 1 aromatic carbocycles. The molecule has 9 heteroatoms. The molecule has 0 aliphatic carbocycles. The number of benzene rings is 1. The molecule has 29 heavy (non-hydrogen) atoms. The Hall–Kier alpha value is -2.35. The van der Waals surface area contributed by atoms with Crippen LogP contribution in [0.25, 0.3) is 0 Å². The van der Waals surface area contributed by atoms with Crippen molar-refractivity contribution >= 4 is 23.7 Å². The lowest BCUT2D eigenvalue weighted by Gasteiger charge is -2.24. The molecule has 1 saturated heterocycles. The molecular formula is C20H29ClN4O4. The van der Waals surface area contributed by atoms with Gasteiger partial charge in [0.1, 0.15) is 18.8 Å². The van der Waals surface area contributed by atoms with Crippen molar-refractivity contribution < 1.29 is 19.0 Å². The van der Waals surface area contributed by atoms with Gasteiger partial charge in [-0.05, 0) is 44.9 Å². The number of ether oxygens (including phenoxy) is 3. The molecule has 2 heterocycles. The predicted molar refractivity (Wildman–Crippen MR) is 112 cm³/mol. The summed E-state index contributed by atoms with van der Waals surface area (Å²) < 4.78 is 16.5. The number of likely N-dealkylation sites (tertiary alicyclic amines) is 1. The summed E-state index contributed by atoms with van der Waals surface area (Å²) in [6.45, 7) is 8.58. The fourth-order valence-electron chi connectivity index (χ4n) is 3.32. The fourth-order valence-corrected chi connectivity index (χ4v) is 3.61. The second-order valence-electron chi connectivity index (χ2n) is 8.08. The normalized spacial score (nSPS) is 19.1. The van der Waals surface area contributed by atoms with E-state index in [0.29, 0.717) is 42.8 Å². The summed E-state index contributed by atoms with van der Waals surface area (Å²) in [5.41, 5.74) is 0.466. The maximum Gasteiger partial charge on any atom is 0.407 e. The monoisotopic (exact) mass is 424 g/mol. The van der Waals surface area contributed by atoms with Gasteiger partial charge >= 0.3 is 6.09 Å². The van der Waals surface area contributed by atoms with Gasteiger partial charge in [0.2, 0.25) is 0 Å². The number of guanidine groups is 1. The summed E-state index contributed by atoms with van der Waals surface area (Å²) in [4.78, 5) is 18.5. The van der Waals surface area contributed by atoms with Crippen LogP contribution in [0.1, 0.15) is 32.8 Å². The third kappa shape index (κ3) is 5.82. The van der Waals surface area contributed by atoms with Crippen molar-refractivity contribution in [1.29, 1.82) is 0 Å². The number of fused-ring (bicyclic) bond motifs is 1. The number of carbonyl (C=O) groups excluding carboxylic acids is 1. The van der Waals surface area contributed by atoms with E-state index in [1.807, 2.05) is 32.9 Å². The summed E-state index contributed by atoms with van der Waals surface area (Å²) in [6.07, 6.45) is 0.439. The van der Waals surface area contributed by atoms with Crippen LogP contribution in [0.3, 0.4) is 0 Å². The summed E-state index contributed by atoms with van der Waals surface area (Å²) in [5, 5.41) is 6.82. The lowest BCUT2D eigenvalue weighted by atomic mass is 10.2. The molecular weight excluding hydrogens is 396 g/mol. The molecule has 1 fully saturated rings. The van der Waals surface area contributed by atoms with Crippen LogP contribution in [-0.2, 0) is 11.3 Å². The number of rotatable bonds is 3. The number of hydrogen-bond acceptors (Lipinski definition) is 5. The SMILES string of the molecule is CN=C(NCc1cc(Cl)c2c(c1)OCCO2)N1CCC(NC(=O)OC(C)(C)C)C1. The third-order valence-corrected chi connectivity index (χ3v) is 4.81. The molecule has 0 bridgehead atoms. The molecule has 0 radical (unpaired) electrons. The van der Waals surface area contributed by atoms with Crippen molar-refractivity contribution in [3.8, 4) is 11.5 Å². The topological polar surface area (TPSA) is 84.4 Å². The molecule has 0 saturated carbocycles. The molecule has 0 aromatic heterocycles. The Balaban J connectivity index is 1.54. The van der Waals surface area contributed by atoms with Gasteiger partial charge in [0.05, 0.1) is 11.1 Å². The van der Waals surface area contributed by atoms with Crippen molar-refractivity contribution in [1.82, 2.24) is 15.5 Å². The first-order valence-electron chi connectivity index (χ1n) is 9.78. The van der Waals surface area contributed by atoms with Crippen molar-refractivity contribution in [2.24, 2.45) is 4.99 Å². The van der Waals surface area contributed by atoms with E-state index in [1.165, 1.54) is 0 Å². The quantitative estimate of drug-likeness (QED) is 0.573. The molecule has 2 aliphatic heterocycles. The second-order valence-corrected chi connectivity index (χ2v) is 8.49. The van der Waals surface area contributed by atoms with Gasteiger partial charge in [0.15, 0.2) is 17.5 Å². The van der Waals surface area contributed by atoms with Crippen LogP contribution in [0.2, 0.25) is 5.02 Å². The number of hydrogen-bond donors (Lipinski definition) is 2. The summed E-state index contributed by atoms with van der Waals surface area (Å²) in [5.74, 6) is 2.03. The summed E-state index contributed by atoms with van der Waals surface area (Å²) in [7, 11) is 1.74. The zero-order valence-corrected chi connectivity index (χ0v) is 18.1. The molecule has 2 N–H and O–H groups in total. The van der Waals surface area contributed by atoms with Crippen LogP contribution in [0.4, 0.5) is 4.79 Å². The van der Waals surface area contributed by atoms with E-state index < -0.39 is 11.7 Å². The van der Waals surface area contributed by atoms with Gasteiger partial charge in [0.25, 0.3) is 0 Å². The highest BCUT2D eigenvalue weighted by atomic mass is 35.5. The highest BCUT2D eigenvalue weighted by molar-refractivity contribution is 6.32. The maximum absolute atomic E-state index is 12.0. The molecule has 1 atom stereocenters. The van der Waals surface area contributed by atoms with Crippen LogP contribution >= 0.6 is 11.6 Å². The minimum absolute atomic E-state index is 0.0205. The zero-order chi connectivity index (χ0) is 21.0. The van der Waals surface area contributed by atoms with Gasteiger partial charge in [-0.2, -0.15) is 0 Å². The number of nitrogens with zero attached hydrogens (tertiary/aromatic N) is 2. The van der Waals surface area contributed by atoms with Gasteiger partial charge in [-0.3, -0.25) is 4.99 Å². The lowest BCUT2D eigenvalue weighted by molar-refractivity contribution is 0.0507. The van der Waals surface area contributed by atoms with Crippen LogP contribution in [-0.4, -0.2) is 61.9 Å². The Morgan fingerprint density at radius 2 is 2.10 bits per heavy atom. The first-order valence-corrected chi connectivity index (χ1v) is 10.2. The number of halogens is 1. The highest BCUT2D eigenvalue weighted by Crippen LogP contribution is 2.38. The van der Waals surface area contributed by atoms with Crippen LogP contribution in [0, 0.1) is 0 Å². The van der Waals surface area contributed by atoms with Gasteiger partial charge in [-0.25, -0.2) is 4.79 Å². The zero-order valence-electron chi connectivity index (χ0n) is 17.4. The largest absolute Gasteiger partial charge is 0.486 e. The van der Waals surface area contributed by atoms with Gasteiger partial charge in [-0.15, -0.1) is 0 Å². The minimum Gasteiger partial charge on any atom is -0.486 e. The van der Waals surface area contributed by atoms with Crippen molar-refractivity contribution in [3.63, 3.8) is 0 Å². The molecule has 3 rings (SSSR count). The van der Waals surface area contributed by atoms with E-state index in [4.69, 9.17) is 25.8 Å². The van der Waals surface area contributed by atoms with Crippen LogP contribution in [0.5, 0.6) is 11.5 Å². The predicted octanol–water partition coefficient (Wildman–Crippen LogP) is 2.79. The Labute approximate surface area is 176 Å². The average Bonchev–Trinajstić information content (AvgIpc) is 3.09. The van der Waals surface area contributed by atoms with E-state index in [9.17, 15) is 4.79 Å². The number of carbonyl (C=O) groups is 1. The van der Waals surface area contributed by atoms with Gasteiger partial charge in [-0.1, -0.05) is 11.6 Å². The number of aliphatic imine (C=N–C) groups is 1. The Bertz CT molecular complexity index is 778. The Morgan fingerprint density at radius 1 is 1.34 bits per heavy atom. The maximum atomic E-state index is 12.0. The van der Waals surface area contributed by atoms with Crippen molar-refractivity contribution in [2.45, 2.75) is 45.4 Å². The van der Waals surface area contributed by atoms with E-state index >= 15 is 0 Å². The van der Waals surface area contributed by atoms with Crippen molar-refractivity contribution in [2.75, 3.05) is 33.4 Å². The smallest absolute Gasteiger partial charge is 0.407 e. The molecule has 2 aliphatic rings. The first-order chi connectivity index (χ1) is 13.7. The second kappa shape index (κ2) is 8.98. The molecule has 8 nitrogen and oxygen atoms in total. The number of amides is 1. The molecule has 1 aromatic rings. The van der Waals surface area contributed by atoms with Gasteiger partial charge < -0.3 is 29.7 Å². The lowest BCUT2D eigenvalue weighted by Crippen LogP contribution is -2.44. The minimum atomic E-state index is -0.509. The number of alkyl carbamates (subject to hydrolysis) is 1. The Morgan fingerprint density at radius 3 is 2.83 bits per heavy atom. The van der Waals surface area contributed by atoms with Crippen LogP contribution < -0.4 is 20.1 Å². The first kappa shape index (κ1) is 21.4. The standard InChI is InChI=1S/C20H29ClN4O4/c1-20(2,3)29-19(26)24-14-5-6-25(12-14)18(22-4)23-11-13-9-15(21)17-16(10-13)27-7-8-28-17/h9-10,14H,5-8,11-12H2,1-4H3,(H,22,23)(H,24,26). The van der Waals surface area contributed by atoms with Crippen molar-refractivity contribution in [3.05, 3.63) is 22.7 Å². The molecule has 0 spiro atoms.